The Bertz CT molecular complexity index is 595. The second-order valence-corrected chi connectivity index (χ2v) is 5.51. The molecule has 0 saturated carbocycles. The van der Waals surface area contributed by atoms with E-state index in [0.29, 0.717) is 19.5 Å². The average Bonchev–Trinajstić information content (AvgIpc) is 2.53. The number of benzene rings is 2. The molecule has 1 N–H and O–H groups in total. The zero-order valence-electron chi connectivity index (χ0n) is 13.0. The molecule has 3 heteroatoms. The van der Waals surface area contributed by atoms with Crippen LogP contribution in [0.3, 0.4) is 0 Å². The van der Waals surface area contributed by atoms with Crippen molar-refractivity contribution < 1.29 is 9.90 Å². The first kappa shape index (κ1) is 16.2. The summed E-state index contributed by atoms with van der Waals surface area (Å²) in [4.78, 5) is 14.1. The fourth-order valence-corrected chi connectivity index (χ4v) is 2.49. The fraction of sp³-hybridized carbons (Fsp3) is 0.316. The van der Waals surface area contributed by atoms with E-state index in [0.717, 1.165) is 12.0 Å². The minimum atomic E-state index is -0.0109. The Labute approximate surface area is 132 Å². The van der Waals surface area contributed by atoms with Crippen LogP contribution in [0.5, 0.6) is 0 Å². The second-order valence-electron chi connectivity index (χ2n) is 5.51. The van der Waals surface area contributed by atoms with Gasteiger partial charge in [-0.2, -0.15) is 0 Å². The molecule has 22 heavy (non-hydrogen) atoms. The van der Waals surface area contributed by atoms with E-state index in [1.165, 1.54) is 11.1 Å². The highest BCUT2D eigenvalue weighted by atomic mass is 16.3. The van der Waals surface area contributed by atoms with E-state index in [4.69, 9.17) is 0 Å². The summed E-state index contributed by atoms with van der Waals surface area (Å²) in [6.07, 6.45) is 1.20. The Hall–Kier alpha value is -2.13. The molecular formula is C19H23NO2. The molecule has 0 fully saturated rings. The number of amides is 1. The summed E-state index contributed by atoms with van der Waals surface area (Å²) >= 11 is 0. The molecule has 0 spiro atoms. The summed E-state index contributed by atoms with van der Waals surface area (Å²) in [6.45, 7) is 2.97. The fourth-order valence-electron chi connectivity index (χ4n) is 2.49. The lowest BCUT2D eigenvalue weighted by Gasteiger charge is -2.22. The molecule has 1 amide bonds. The first-order chi connectivity index (χ1) is 10.7. The number of aryl methyl sites for hydroxylation is 2. The monoisotopic (exact) mass is 297 g/mol. The second kappa shape index (κ2) is 8.35. The molecule has 2 rings (SSSR count). The van der Waals surface area contributed by atoms with Gasteiger partial charge in [0.2, 0.25) is 5.91 Å². The summed E-state index contributed by atoms with van der Waals surface area (Å²) in [7, 11) is 0. The van der Waals surface area contributed by atoms with Gasteiger partial charge in [-0.3, -0.25) is 4.79 Å². The van der Waals surface area contributed by atoms with Gasteiger partial charge in [-0.05, 0) is 24.5 Å². The van der Waals surface area contributed by atoms with Crippen molar-refractivity contribution in [3.8, 4) is 0 Å². The maximum absolute atomic E-state index is 12.4. The first-order valence-electron chi connectivity index (χ1n) is 7.67. The highest BCUT2D eigenvalue weighted by Gasteiger charge is 2.13. The molecule has 116 valence electrons. The van der Waals surface area contributed by atoms with Crippen LogP contribution < -0.4 is 0 Å². The van der Waals surface area contributed by atoms with Crippen LogP contribution in [0.4, 0.5) is 0 Å². The van der Waals surface area contributed by atoms with Gasteiger partial charge in [-0.25, -0.2) is 0 Å². The van der Waals surface area contributed by atoms with Crippen LogP contribution in [-0.4, -0.2) is 29.1 Å². The average molecular weight is 297 g/mol. The number of rotatable bonds is 7. The minimum absolute atomic E-state index is 0.0109. The van der Waals surface area contributed by atoms with Crippen molar-refractivity contribution >= 4 is 5.91 Å². The largest absolute Gasteiger partial charge is 0.395 e. The lowest BCUT2D eigenvalue weighted by atomic mass is 10.1. The molecule has 0 unspecified atom stereocenters. The maximum atomic E-state index is 12.4. The number of hydrogen-bond donors (Lipinski definition) is 1. The molecule has 0 aliphatic rings. The van der Waals surface area contributed by atoms with Crippen LogP contribution in [0.25, 0.3) is 0 Å². The number of aliphatic hydroxyl groups excluding tert-OH is 1. The first-order valence-corrected chi connectivity index (χ1v) is 7.67. The number of carbonyl (C=O) groups is 1. The van der Waals surface area contributed by atoms with Gasteiger partial charge in [-0.15, -0.1) is 0 Å². The van der Waals surface area contributed by atoms with Crippen LogP contribution in [0.15, 0.2) is 54.6 Å². The van der Waals surface area contributed by atoms with E-state index in [1.807, 2.05) is 42.5 Å². The smallest absolute Gasteiger partial charge is 0.223 e. The van der Waals surface area contributed by atoms with Crippen LogP contribution in [-0.2, 0) is 17.8 Å². The molecule has 0 atom stereocenters. The summed E-state index contributed by atoms with van der Waals surface area (Å²) in [6, 6.07) is 18.1. The third-order valence-corrected chi connectivity index (χ3v) is 3.65. The third-order valence-electron chi connectivity index (χ3n) is 3.65. The standard InChI is InChI=1S/C19H23NO2/c1-16-6-5-9-17(14-16)10-11-19(22)20(12-13-21)15-18-7-3-2-4-8-18/h2-9,14,21H,10-13,15H2,1H3. The van der Waals surface area contributed by atoms with Gasteiger partial charge >= 0.3 is 0 Å². The topological polar surface area (TPSA) is 40.5 Å². The Morgan fingerprint density at radius 1 is 1.05 bits per heavy atom. The van der Waals surface area contributed by atoms with Gasteiger partial charge in [0.25, 0.3) is 0 Å². The number of hydrogen-bond acceptors (Lipinski definition) is 2. The molecule has 3 nitrogen and oxygen atoms in total. The van der Waals surface area contributed by atoms with Gasteiger partial charge in [0, 0.05) is 19.5 Å². The summed E-state index contributed by atoms with van der Waals surface area (Å²) in [5.41, 5.74) is 3.47. The van der Waals surface area contributed by atoms with Crippen molar-refractivity contribution in [1.82, 2.24) is 4.90 Å². The number of aliphatic hydroxyl groups is 1. The van der Waals surface area contributed by atoms with Crippen LogP contribution in [0, 0.1) is 6.92 Å². The molecule has 2 aromatic rings. The quantitative estimate of drug-likeness (QED) is 0.853. The van der Waals surface area contributed by atoms with E-state index in [1.54, 1.807) is 4.90 Å². The van der Waals surface area contributed by atoms with Crippen molar-refractivity contribution in [3.05, 3.63) is 71.3 Å². The van der Waals surface area contributed by atoms with Gasteiger partial charge in [0.15, 0.2) is 0 Å². The van der Waals surface area contributed by atoms with Crippen LogP contribution in [0.1, 0.15) is 23.1 Å². The van der Waals surface area contributed by atoms with Crippen molar-refractivity contribution in [2.75, 3.05) is 13.2 Å². The van der Waals surface area contributed by atoms with Gasteiger partial charge < -0.3 is 10.0 Å². The van der Waals surface area contributed by atoms with Crippen molar-refractivity contribution in [1.29, 1.82) is 0 Å². The molecule has 2 aromatic carbocycles. The predicted octanol–water partition coefficient (Wildman–Crippen LogP) is 2.95. The minimum Gasteiger partial charge on any atom is -0.395 e. The van der Waals surface area contributed by atoms with E-state index in [-0.39, 0.29) is 12.5 Å². The van der Waals surface area contributed by atoms with Gasteiger partial charge in [0.05, 0.1) is 6.61 Å². The molecule has 0 saturated heterocycles. The molecular weight excluding hydrogens is 274 g/mol. The zero-order chi connectivity index (χ0) is 15.8. The lowest BCUT2D eigenvalue weighted by Crippen LogP contribution is -2.33. The van der Waals surface area contributed by atoms with E-state index < -0.39 is 0 Å². The van der Waals surface area contributed by atoms with Crippen molar-refractivity contribution in [2.24, 2.45) is 0 Å². The highest BCUT2D eigenvalue weighted by molar-refractivity contribution is 5.76. The summed E-state index contributed by atoms with van der Waals surface area (Å²) in [5, 5.41) is 9.19. The summed E-state index contributed by atoms with van der Waals surface area (Å²) in [5.74, 6) is 0.0828. The maximum Gasteiger partial charge on any atom is 0.223 e. The predicted molar refractivity (Wildman–Crippen MR) is 88.4 cm³/mol. The Morgan fingerprint density at radius 3 is 2.45 bits per heavy atom. The van der Waals surface area contributed by atoms with Crippen LogP contribution in [0.2, 0.25) is 0 Å². The highest BCUT2D eigenvalue weighted by Crippen LogP contribution is 2.10. The molecule has 0 aliphatic carbocycles. The van der Waals surface area contributed by atoms with Gasteiger partial charge in [-0.1, -0.05) is 60.2 Å². The molecule has 0 radical (unpaired) electrons. The van der Waals surface area contributed by atoms with E-state index in [9.17, 15) is 9.90 Å². The Kier molecular flexibility index (Phi) is 6.16. The zero-order valence-corrected chi connectivity index (χ0v) is 13.0. The van der Waals surface area contributed by atoms with Crippen molar-refractivity contribution in [3.63, 3.8) is 0 Å². The summed E-state index contributed by atoms with van der Waals surface area (Å²) < 4.78 is 0. The molecule has 0 bridgehead atoms. The SMILES string of the molecule is Cc1cccc(CCC(=O)N(CCO)Cc2ccccc2)c1. The molecule has 0 aromatic heterocycles. The number of carbonyl (C=O) groups excluding carboxylic acids is 1. The van der Waals surface area contributed by atoms with Gasteiger partial charge in [0.1, 0.15) is 0 Å². The number of nitrogens with zero attached hydrogens (tertiary/aromatic N) is 1. The lowest BCUT2D eigenvalue weighted by molar-refractivity contribution is -0.132. The molecule has 0 heterocycles. The molecule has 0 aliphatic heterocycles. The Morgan fingerprint density at radius 2 is 1.77 bits per heavy atom. The third kappa shape index (κ3) is 5.01. The Balaban J connectivity index is 1.94. The van der Waals surface area contributed by atoms with E-state index >= 15 is 0 Å². The normalized spacial score (nSPS) is 10.5. The van der Waals surface area contributed by atoms with Crippen molar-refractivity contribution in [2.45, 2.75) is 26.3 Å². The van der Waals surface area contributed by atoms with Crippen LogP contribution >= 0.6 is 0 Å². The van der Waals surface area contributed by atoms with E-state index in [2.05, 4.69) is 19.1 Å².